The zero-order valence-corrected chi connectivity index (χ0v) is 12.6. The van der Waals surface area contributed by atoms with Crippen LogP contribution < -0.4 is 5.32 Å². The zero-order valence-electron chi connectivity index (χ0n) is 12.6. The minimum absolute atomic E-state index is 0.204. The van der Waals surface area contributed by atoms with Gasteiger partial charge in [0.2, 0.25) is 5.91 Å². The second-order valence-electron chi connectivity index (χ2n) is 5.83. The molecule has 2 rings (SSSR count). The molecular weight excluding hydrogens is 250 g/mol. The zero-order chi connectivity index (χ0) is 14.4. The topological polar surface area (TPSA) is 45.2 Å². The van der Waals surface area contributed by atoms with Crippen molar-refractivity contribution in [3.8, 4) is 0 Å². The number of carbonyl (C=O) groups is 1. The molecule has 4 heteroatoms. The Balaban J connectivity index is 2.06. The van der Waals surface area contributed by atoms with E-state index in [1.165, 1.54) is 0 Å². The van der Waals surface area contributed by atoms with Crippen LogP contribution in [-0.4, -0.2) is 35.9 Å². The van der Waals surface area contributed by atoms with E-state index in [0.717, 1.165) is 44.3 Å². The van der Waals surface area contributed by atoms with Crippen LogP contribution in [0.15, 0.2) is 24.5 Å². The first-order valence-corrected chi connectivity index (χ1v) is 7.53. The molecule has 1 aliphatic rings. The van der Waals surface area contributed by atoms with Crippen molar-refractivity contribution >= 4 is 5.91 Å². The lowest BCUT2D eigenvalue weighted by Gasteiger charge is -2.39. The summed E-state index contributed by atoms with van der Waals surface area (Å²) >= 11 is 0. The Labute approximate surface area is 121 Å². The number of hydrogen-bond donors (Lipinski definition) is 1. The molecule has 0 radical (unpaired) electrons. The largest absolute Gasteiger partial charge is 0.341 e. The fourth-order valence-electron chi connectivity index (χ4n) is 3.19. The van der Waals surface area contributed by atoms with Crippen molar-refractivity contribution in [2.45, 2.75) is 39.2 Å². The third-order valence-corrected chi connectivity index (χ3v) is 4.14. The minimum Gasteiger partial charge on any atom is -0.341 e. The second kappa shape index (κ2) is 6.84. The highest BCUT2D eigenvalue weighted by Gasteiger charge is 2.40. The summed E-state index contributed by atoms with van der Waals surface area (Å²) in [7, 11) is 1.90. The first-order valence-electron chi connectivity index (χ1n) is 7.53. The summed E-state index contributed by atoms with van der Waals surface area (Å²) in [5.74, 6) is 0.274. The maximum absolute atomic E-state index is 12.9. The number of piperidine rings is 1. The normalized spacial score (nSPS) is 22.5. The standard InChI is InChI=1S/C16H25N3O/c1-3-7-16(8-5-10-18-13-16)15(20)19(2)12-14-6-4-9-17-11-14/h4,6,9,11,18H,3,5,7-8,10,12-13H2,1-2H3. The highest BCUT2D eigenvalue weighted by atomic mass is 16.2. The Kier molecular flexibility index (Phi) is 5.12. The third-order valence-electron chi connectivity index (χ3n) is 4.14. The predicted molar refractivity (Wildman–Crippen MR) is 80.2 cm³/mol. The number of nitrogens with zero attached hydrogens (tertiary/aromatic N) is 2. The number of rotatable bonds is 5. The summed E-state index contributed by atoms with van der Waals surface area (Å²) in [5, 5.41) is 3.40. The summed E-state index contributed by atoms with van der Waals surface area (Å²) in [4.78, 5) is 18.9. The lowest BCUT2D eigenvalue weighted by Crippen LogP contribution is -2.50. The smallest absolute Gasteiger partial charge is 0.230 e. The van der Waals surface area contributed by atoms with Crippen LogP contribution >= 0.6 is 0 Å². The maximum Gasteiger partial charge on any atom is 0.230 e. The van der Waals surface area contributed by atoms with Gasteiger partial charge in [0, 0.05) is 32.5 Å². The molecule has 1 aromatic heterocycles. The fourth-order valence-corrected chi connectivity index (χ4v) is 3.19. The van der Waals surface area contributed by atoms with Crippen molar-refractivity contribution in [3.05, 3.63) is 30.1 Å². The molecular formula is C16H25N3O. The first kappa shape index (κ1) is 15.0. The van der Waals surface area contributed by atoms with E-state index in [2.05, 4.69) is 17.2 Å². The molecule has 4 nitrogen and oxygen atoms in total. The number of carbonyl (C=O) groups excluding carboxylic acids is 1. The van der Waals surface area contributed by atoms with Gasteiger partial charge in [-0.1, -0.05) is 19.4 Å². The van der Waals surface area contributed by atoms with Crippen molar-refractivity contribution in [1.29, 1.82) is 0 Å². The molecule has 1 aliphatic heterocycles. The lowest BCUT2D eigenvalue weighted by molar-refractivity contribution is -0.143. The Hall–Kier alpha value is -1.42. The summed E-state index contributed by atoms with van der Waals surface area (Å²) < 4.78 is 0. The van der Waals surface area contributed by atoms with E-state index in [0.29, 0.717) is 6.54 Å². The van der Waals surface area contributed by atoms with E-state index >= 15 is 0 Å². The molecule has 1 N–H and O–H groups in total. The van der Waals surface area contributed by atoms with Crippen LogP contribution in [0.5, 0.6) is 0 Å². The number of pyridine rings is 1. The molecule has 1 saturated heterocycles. The van der Waals surface area contributed by atoms with Gasteiger partial charge < -0.3 is 10.2 Å². The van der Waals surface area contributed by atoms with Crippen LogP contribution in [0.25, 0.3) is 0 Å². The summed E-state index contributed by atoms with van der Waals surface area (Å²) in [6.45, 7) is 4.64. The average Bonchev–Trinajstić information content (AvgIpc) is 2.48. The molecule has 1 atom stereocenters. The SMILES string of the molecule is CCCC1(C(=O)N(C)Cc2cccnc2)CCCNC1. The van der Waals surface area contributed by atoms with Gasteiger partial charge in [-0.15, -0.1) is 0 Å². The van der Waals surface area contributed by atoms with Gasteiger partial charge in [0.1, 0.15) is 0 Å². The van der Waals surface area contributed by atoms with Gasteiger partial charge in [0.25, 0.3) is 0 Å². The van der Waals surface area contributed by atoms with Crippen LogP contribution in [-0.2, 0) is 11.3 Å². The first-order chi connectivity index (χ1) is 9.68. The number of aromatic nitrogens is 1. The molecule has 1 fully saturated rings. The predicted octanol–water partition coefficient (Wildman–Crippen LogP) is 2.21. The van der Waals surface area contributed by atoms with Gasteiger partial charge in [0.05, 0.1) is 5.41 Å². The van der Waals surface area contributed by atoms with Crippen LogP contribution in [0, 0.1) is 5.41 Å². The Morgan fingerprint density at radius 2 is 2.40 bits per heavy atom. The van der Waals surface area contributed by atoms with E-state index in [1.54, 1.807) is 6.20 Å². The third kappa shape index (κ3) is 3.37. The molecule has 1 amide bonds. The second-order valence-corrected chi connectivity index (χ2v) is 5.83. The molecule has 1 unspecified atom stereocenters. The van der Waals surface area contributed by atoms with Gasteiger partial charge in [-0.05, 0) is 37.4 Å². The van der Waals surface area contributed by atoms with Crippen LogP contribution in [0.4, 0.5) is 0 Å². The molecule has 0 aliphatic carbocycles. The highest BCUT2D eigenvalue weighted by molar-refractivity contribution is 5.83. The molecule has 0 saturated carbocycles. The van der Waals surface area contributed by atoms with Crippen molar-refractivity contribution in [3.63, 3.8) is 0 Å². The quantitative estimate of drug-likeness (QED) is 0.896. The molecule has 110 valence electrons. The van der Waals surface area contributed by atoms with Crippen LogP contribution in [0.3, 0.4) is 0 Å². The average molecular weight is 275 g/mol. The maximum atomic E-state index is 12.9. The number of nitrogens with one attached hydrogen (secondary N) is 1. The van der Waals surface area contributed by atoms with Crippen molar-refractivity contribution < 1.29 is 4.79 Å². The minimum atomic E-state index is -0.204. The van der Waals surface area contributed by atoms with E-state index in [4.69, 9.17) is 0 Å². The fraction of sp³-hybridized carbons (Fsp3) is 0.625. The molecule has 2 heterocycles. The monoisotopic (exact) mass is 275 g/mol. The Morgan fingerprint density at radius 1 is 1.55 bits per heavy atom. The van der Waals surface area contributed by atoms with Gasteiger partial charge in [-0.3, -0.25) is 9.78 Å². The van der Waals surface area contributed by atoms with Crippen LogP contribution in [0.2, 0.25) is 0 Å². The van der Waals surface area contributed by atoms with Crippen molar-refractivity contribution in [2.75, 3.05) is 20.1 Å². The molecule has 20 heavy (non-hydrogen) atoms. The lowest BCUT2D eigenvalue weighted by atomic mass is 9.75. The van der Waals surface area contributed by atoms with Crippen molar-refractivity contribution in [1.82, 2.24) is 15.2 Å². The van der Waals surface area contributed by atoms with E-state index in [9.17, 15) is 4.79 Å². The summed E-state index contributed by atoms with van der Waals surface area (Å²) in [6, 6.07) is 3.93. The summed E-state index contributed by atoms with van der Waals surface area (Å²) in [5.41, 5.74) is 0.878. The highest BCUT2D eigenvalue weighted by Crippen LogP contribution is 2.33. The van der Waals surface area contributed by atoms with Gasteiger partial charge in [0.15, 0.2) is 0 Å². The molecule has 0 aromatic carbocycles. The van der Waals surface area contributed by atoms with Crippen LogP contribution in [0.1, 0.15) is 38.2 Å². The van der Waals surface area contributed by atoms with E-state index in [1.807, 2.05) is 30.3 Å². The van der Waals surface area contributed by atoms with Gasteiger partial charge in [-0.25, -0.2) is 0 Å². The Bertz CT molecular complexity index is 421. The molecule has 0 bridgehead atoms. The summed E-state index contributed by atoms with van der Waals surface area (Å²) in [6.07, 6.45) is 7.70. The van der Waals surface area contributed by atoms with E-state index < -0.39 is 0 Å². The van der Waals surface area contributed by atoms with Crippen molar-refractivity contribution in [2.24, 2.45) is 5.41 Å². The Morgan fingerprint density at radius 3 is 3.00 bits per heavy atom. The molecule has 1 aromatic rings. The van der Waals surface area contributed by atoms with E-state index in [-0.39, 0.29) is 11.3 Å². The van der Waals surface area contributed by atoms with Gasteiger partial charge in [-0.2, -0.15) is 0 Å². The number of hydrogen-bond acceptors (Lipinski definition) is 3. The van der Waals surface area contributed by atoms with Gasteiger partial charge >= 0.3 is 0 Å². The molecule has 0 spiro atoms. The number of amides is 1.